The van der Waals surface area contributed by atoms with Crippen LogP contribution in [0.5, 0.6) is 17.2 Å². The average molecular weight is 513 g/mol. The molecule has 0 aliphatic carbocycles. The monoisotopic (exact) mass is 513 g/mol. The van der Waals surface area contributed by atoms with Gasteiger partial charge in [-0.15, -0.1) is 0 Å². The number of esters is 1. The second kappa shape index (κ2) is 12.2. The molecule has 0 fully saturated rings. The first-order chi connectivity index (χ1) is 16.8. The molecule has 2 rings (SSSR count). The summed E-state index contributed by atoms with van der Waals surface area (Å²) < 4.78 is 53.4. The average Bonchev–Trinajstić information content (AvgIpc) is 2.80. The molecule has 2 aromatic carbocycles. The summed E-state index contributed by atoms with van der Waals surface area (Å²) in [4.78, 5) is 34.7. The molecule has 0 spiro atoms. The van der Waals surface area contributed by atoms with Crippen LogP contribution in [-0.4, -0.2) is 60.5 Å². The molecule has 0 radical (unpaired) electrons. The Morgan fingerprint density at radius 3 is 2.36 bits per heavy atom. The fourth-order valence-corrected chi connectivity index (χ4v) is 3.06. The molecule has 0 aromatic heterocycles. The Bertz CT molecular complexity index is 1120. The molecular formula is C24H26F3NO8. The molecule has 12 heteroatoms. The summed E-state index contributed by atoms with van der Waals surface area (Å²) in [6, 6.07) is 7.08. The lowest BCUT2D eigenvalue weighted by Gasteiger charge is -2.18. The van der Waals surface area contributed by atoms with Crippen LogP contribution in [0.3, 0.4) is 0 Å². The first-order valence-electron chi connectivity index (χ1n) is 10.7. The van der Waals surface area contributed by atoms with E-state index >= 15 is 0 Å². The van der Waals surface area contributed by atoms with Crippen LogP contribution in [0, 0.1) is 6.92 Å². The molecule has 0 aliphatic heterocycles. The van der Waals surface area contributed by atoms with Crippen molar-refractivity contribution < 1.29 is 52.0 Å². The lowest BCUT2D eigenvalue weighted by atomic mass is 10.0. The normalized spacial score (nSPS) is 12.0. The maximum absolute atomic E-state index is 12.7. The maximum atomic E-state index is 12.7. The van der Waals surface area contributed by atoms with E-state index in [1.807, 2.05) is 0 Å². The molecule has 2 aromatic rings. The van der Waals surface area contributed by atoms with Gasteiger partial charge in [0, 0.05) is 23.7 Å². The Balaban J connectivity index is 2.05. The minimum absolute atomic E-state index is 0.107. The highest BCUT2D eigenvalue weighted by atomic mass is 19.4. The van der Waals surface area contributed by atoms with Crippen LogP contribution in [-0.2, 0) is 20.7 Å². The van der Waals surface area contributed by atoms with Gasteiger partial charge >= 0.3 is 18.1 Å². The highest BCUT2D eigenvalue weighted by molar-refractivity contribution is 6.37. The van der Waals surface area contributed by atoms with Crippen molar-refractivity contribution in [3.8, 4) is 17.2 Å². The third-order valence-corrected chi connectivity index (χ3v) is 4.98. The minimum atomic E-state index is -4.49. The van der Waals surface area contributed by atoms with E-state index < -0.39 is 55.1 Å². The Hall–Kier alpha value is -3.80. The number of aliphatic hydroxyl groups is 1. The largest absolute Gasteiger partial charge is 0.507 e. The summed E-state index contributed by atoms with van der Waals surface area (Å²) in [6.07, 6.45) is -7.59. The number of ketones is 1. The van der Waals surface area contributed by atoms with Gasteiger partial charge in [-0.05, 0) is 44.0 Å². The van der Waals surface area contributed by atoms with E-state index in [2.05, 4.69) is 10.1 Å². The molecule has 0 bridgehead atoms. The van der Waals surface area contributed by atoms with Gasteiger partial charge in [-0.1, -0.05) is 6.07 Å². The highest BCUT2D eigenvalue weighted by Crippen LogP contribution is 2.35. The number of methoxy groups -OCH3 is 1. The number of phenols is 1. The quantitative estimate of drug-likeness (QED) is 0.251. The first-order valence-corrected chi connectivity index (χ1v) is 10.7. The number of carbonyl (C=O) groups excluding carboxylic acids is 3. The molecule has 1 atom stereocenters. The number of benzene rings is 2. The number of amides is 1. The number of halogens is 3. The van der Waals surface area contributed by atoms with Crippen LogP contribution in [0.15, 0.2) is 30.3 Å². The van der Waals surface area contributed by atoms with E-state index in [4.69, 9.17) is 9.47 Å². The summed E-state index contributed by atoms with van der Waals surface area (Å²) in [7, 11) is 1.07. The van der Waals surface area contributed by atoms with Gasteiger partial charge in [0.1, 0.15) is 36.6 Å². The Morgan fingerprint density at radius 1 is 1.08 bits per heavy atom. The zero-order valence-electron chi connectivity index (χ0n) is 19.8. The number of aryl methyl sites for hydroxylation is 1. The van der Waals surface area contributed by atoms with Crippen molar-refractivity contribution in [3.63, 3.8) is 0 Å². The van der Waals surface area contributed by atoms with E-state index in [1.54, 1.807) is 19.1 Å². The van der Waals surface area contributed by atoms with Crippen LogP contribution >= 0.6 is 0 Å². The molecule has 36 heavy (non-hydrogen) atoms. The second-order valence-corrected chi connectivity index (χ2v) is 7.81. The maximum Gasteiger partial charge on any atom is 0.396 e. The standard InChI is InChI=1S/C24H26F3NO8/c1-13-4-5-16(10-19(13)28-22(32)23(33)34-3)35-11-15(30)12-36-20-7-6-17(14(2)29)21(31)18(20)8-9-24(25,26)27/h4-7,10,15,30-31H,8-9,11-12H2,1-3H3,(H,28,32). The van der Waals surface area contributed by atoms with Crippen LogP contribution < -0.4 is 14.8 Å². The summed E-state index contributed by atoms with van der Waals surface area (Å²) in [5, 5.41) is 22.9. The number of aromatic hydroxyl groups is 1. The Labute approximate surface area is 204 Å². The van der Waals surface area contributed by atoms with Gasteiger partial charge in [0.25, 0.3) is 0 Å². The number of anilines is 1. The van der Waals surface area contributed by atoms with E-state index in [-0.39, 0.29) is 34.9 Å². The fourth-order valence-electron chi connectivity index (χ4n) is 3.06. The molecule has 3 N–H and O–H groups in total. The van der Waals surface area contributed by atoms with Gasteiger partial charge in [-0.3, -0.25) is 9.59 Å². The SMILES string of the molecule is COC(=O)C(=O)Nc1cc(OCC(O)COc2ccc(C(C)=O)c(O)c2CCC(F)(F)F)ccc1C. The lowest BCUT2D eigenvalue weighted by Crippen LogP contribution is -2.26. The molecule has 0 heterocycles. The lowest BCUT2D eigenvalue weighted by molar-refractivity contribution is -0.150. The molecule has 0 saturated heterocycles. The van der Waals surface area contributed by atoms with Crippen molar-refractivity contribution in [2.75, 3.05) is 25.6 Å². The van der Waals surface area contributed by atoms with Crippen molar-refractivity contribution in [2.24, 2.45) is 0 Å². The highest BCUT2D eigenvalue weighted by Gasteiger charge is 2.29. The molecule has 1 unspecified atom stereocenters. The van der Waals surface area contributed by atoms with Crippen molar-refractivity contribution in [2.45, 2.75) is 39.0 Å². The molecule has 196 valence electrons. The van der Waals surface area contributed by atoms with E-state index in [9.17, 15) is 37.8 Å². The summed E-state index contributed by atoms with van der Waals surface area (Å²) in [5.41, 5.74) is 0.572. The number of nitrogens with one attached hydrogen (secondary N) is 1. The Kier molecular flexibility index (Phi) is 9.68. The zero-order chi connectivity index (χ0) is 27.0. The van der Waals surface area contributed by atoms with Crippen molar-refractivity contribution >= 4 is 23.3 Å². The Morgan fingerprint density at radius 2 is 1.75 bits per heavy atom. The number of aliphatic hydroxyl groups excluding tert-OH is 1. The zero-order valence-corrected chi connectivity index (χ0v) is 19.8. The van der Waals surface area contributed by atoms with E-state index in [0.29, 0.717) is 5.56 Å². The van der Waals surface area contributed by atoms with Gasteiger partial charge < -0.3 is 29.7 Å². The third kappa shape index (κ3) is 8.15. The molecule has 0 aliphatic rings. The number of phenolic OH excluding ortho intramolecular Hbond substituents is 1. The van der Waals surface area contributed by atoms with Crippen LogP contribution in [0.4, 0.5) is 18.9 Å². The molecule has 1 amide bonds. The number of ether oxygens (including phenoxy) is 3. The molecule has 9 nitrogen and oxygen atoms in total. The van der Waals surface area contributed by atoms with Gasteiger partial charge in [0.15, 0.2) is 5.78 Å². The molecule has 0 saturated carbocycles. The van der Waals surface area contributed by atoms with Gasteiger partial charge in [0.05, 0.1) is 12.7 Å². The summed E-state index contributed by atoms with van der Waals surface area (Å²) in [5.74, 6) is -3.05. The number of alkyl halides is 3. The topological polar surface area (TPSA) is 131 Å². The molecular weight excluding hydrogens is 487 g/mol. The van der Waals surface area contributed by atoms with Gasteiger partial charge in [-0.2, -0.15) is 13.2 Å². The van der Waals surface area contributed by atoms with Crippen LogP contribution in [0.1, 0.15) is 34.8 Å². The summed E-state index contributed by atoms with van der Waals surface area (Å²) >= 11 is 0. The smallest absolute Gasteiger partial charge is 0.396 e. The third-order valence-electron chi connectivity index (χ3n) is 4.98. The second-order valence-electron chi connectivity index (χ2n) is 7.81. The number of hydrogen-bond donors (Lipinski definition) is 3. The van der Waals surface area contributed by atoms with Crippen LogP contribution in [0.2, 0.25) is 0 Å². The van der Waals surface area contributed by atoms with Gasteiger partial charge in [0.2, 0.25) is 0 Å². The first kappa shape index (κ1) is 28.4. The van der Waals surface area contributed by atoms with Crippen molar-refractivity contribution in [3.05, 3.63) is 47.0 Å². The van der Waals surface area contributed by atoms with Gasteiger partial charge in [-0.25, -0.2) is 4.79 Å². The fraction of sp³-hybridized carbons (Fsp3) is 0.375. The predicted molar refractivity (Wildman–Crippen MR) is 121 cm³/mol. The number of Topliss-reactive ketones (excluding diaryl/α,β-unsaturated/α-hetero) is 1. The number of rotatable bonds is 10. The van der Waals surface area contributed by atoms with Crippen LogP contribution in [0.25, 0.3) is 0 Å². The summed E-state index contributed by atoms with van der Waals surface area (Å²) in [6.45, 7) is 2.17. The number of hydrogen-bond acceptors (Lipinski definition) is 8. The van der Waals surface area contributed by atoms with E-state index in [1.165, 1.54) is 25.1 Å². The number of carbonyl (C=O) groups is 3. The van der Waals surface area contributed by atoms with Crippen molar-refractivity contribution in [1.82, 2.24) is 0 Å². The van der Waals surface area contributed by atoms with E-state index in [0.717, 1.165) is 7.11 Å². The minimum Gasteiger partial charge on any atom is -0.507 e. The predicted octanol–water partition coefficient (Wildman–Crippen LogP) is 3.33. The van der Waals surface area contributed by atoms with Crippen molar-refractivity contribution in [1.29, 1.82) is 0 Å².